The lowest BCUT2D eigenvalue weighted by Crippen LogP contribution is -2.38. The molecule has 2 aliphatic rings. The Hall–Kier alpha value is -2.00. The van der Waals surface area contributed by atoms with Crippen molar-refractivity contribution in [2.45, 2.75) is 45.4 Å². The molecule has 9 heteroatoms. The normalized spacial score (nSPS) is 19.4. The lowest BCUT2D eigenvalue weighted by Gasteiger charge is -2.29. The highest BCUT2D eigenvalue weighted by Crippen LogP contribution is 2.26. The number of aromatic nitrogens is 3. The molecule has 158 valence electrons. The third kappa shape index (κ3) is 4.78. The van der Waals surface area contributed by atoms with Gasteiger partial charge in [-0.3, -0.25) is 9.59 Å². The molecule has 2 aromatic heterocycles. The minimum atomic E-state index is -0.393. The molecule has 0 spiro atoms. The van der Waals surface area contributed by atoms with E-state index in [0.717, 1.165) is 56.6 Å². The van der Waals surface area contributed by atoms with E-state index < -0.39 is 5.56 Å². The number of hydrogen-bond acceptors (Lipinski definition) is 7. The van der Waals surface area contributed by atoms with Crippen LogP contribution in [0.4, 0.5) is 5.13 Å². The summed E-state index contributed by atoms with van der Waals surface area (Å²) >= 11 is 1.41. The first-order valence-electron chi connectivity index (χ1n) is 10.8. The number of nitrogens with one attached hydrogen (secondary N) is 1. The van der Waals surface area contributed by atoms with Crippen LogP contribution in [0, 0.1) is 5.92 Å². The van der Waals surface area contributed by atoms with Crippen LogP contribution in [0.2, 0.25) is 0 Å². The molecule has 0 aliphatic carbocycles. The van der Waals surface area contributed by atoms with E-state index in [-0.39, 0.29) is 11.5 Å². The summed E-state index contributed by atoms with van der Waals surface area (Å²) in [6.45, 7) is 7.68. The maximum atomic E-state index is 12.8. The van der Waals surface area contributed by atoms with Gasteiger partial charge in [-0.15, -0.1) is 5.10 Å². The first-order valence-corrected chi connectivity index (χ1v) is 11.6. The first kappa shape index (κ1) is 20.3. The topological polar surface area (TPSA) is 82.8 Å². The third-order valence-electron chi connectivity index (χ3n) is 5.99. The van der Waals surface area contributed by atoms with Crippen molar-refractivity contribution < 1.29 is 4.79 Å². The summed E-state index contributed by atoms with van der Waals surface area (Å²) in [6.07, 6.45) is 8.66. The largest absolute Gasteiger partial charge is 0.351 e. The van der Waals surface area contributed by atoms with Crippen LogP contribution in [0.5, 0.6) is 0 Å². The monoisotopic (exact) mass is 418 g/mol. The Morgan fingerprint density at radius 3 is 2.62 bits per heavy atom. The fourth-order valence-corrected chi connectivity index (χ4v) is 4.96. The number of amides is 1. The summed E-state index contributed by atoms with van der Waals surface area (Å²) in [4.78, 5) is 34.8. The van der Waals surface area contributed by atoms with E-state index in [1.807, 2.05) is 0 Å². The van der Waals surface area contributed by atoms with Crippen LogP contribution >= 0.6 is 11.3 Å². The fraction of sp³-hybridized carbons (Fsp3) is 0.700. The quantitative estimate of drug-likeness (QED) is 0.800. The van der Waals surface area contributed by atoms with Gasteiger partial charge in [-0.25, -0.2) is 4.98 Å². The van der Waals surface area contributed by atoms with Crippen LogP contribution in [-0.2, 0) is 0 Å². The molecule has 1 N–H and O–H groups in total. The number of likely N-dealkylation sites (tertiary alicyclic amines) is 1. The molecule has 2 fully saturated rings. The molecule has 4 heterocycles. The number of rotatable bonds is 5. The minimum absolute atomic E-state index is 0.0579. The Morgan fingerprint density at radius 2 is 1.90 bits per heavy atom. The van der Waals surface area contributed by atoms with Gasteiger partial charge in [-0.1, -0.05) is 31.1 Å². The van der Waals surface area contributed by atoms with Crippen LogP contribution in [-0.4, -0.2) is 64.7 Å². The number of piperidine rings is 1. The highest BCUT2D eigenvalue weighted by atomic mass is 32.1. The first-order chi connectivity index (χ1) is 14.1. The fourth-order valence-electron chi connectivity index (χ4n) is 4.04. The van der Waals surface area contributed by atoms with E-state index in [2.05, 4.69) is 32.1 Å². The average Bonchev–Trinajstić information content (AvgIpc) is 2.99. The van der Waals surface area contributed by atoms with Crippen molar-refractivity contribution in [2.24, 2.45) is 5.92 Å². The second kappa shape index (κ2) is 9.21. The van der Waals surface area contributed by atoms with E-state index in [0.29, 0.717) is 11.5 Å². The molecule has 1 amide bonds. The van der Waals surface area contributed by atoms with Gasteiger partial charge in [0.1, 0.15) is 5.56 Å². The third-order valence-corrected chi connectivity index (χ3v) is 6.97. The molecule has 0 saturated carbocycles. The van der Waals surface area contributed by atoms with Gasteiger partial charge in [0.05, 0.1) is 0 Å². The van der Waals surface area contributed by atoms with Crippen molar-refractivity contribution in [3.8, 4) is 0 Å². The van der Waals surface area contributed by atoms with Gasteiger partial charge in [0.15, 0.2) is 0 Å². The van der Waals surface area contributed by atoms with Crippen LogP contribution in [0.15, 0.2) is 11.0 Å². The van der Waals surface area contributed by atoms with Gasteiger partial charge in [-0.05, 0) is 44.7 Å². The molecule has 29 heavy (non-hydrogen) atoms. The molecule has 0 aromatic carbocycles. The average molecular weight is 419 g/mol. The number of carbonyl (C=O) groups excluding carboxylic acids is 1. The molecule has 0 unspecified atom stereocenters. The second-order valence-corrected chi connectivity index (χ2v) is 9.17. The summed E-state index contributed by atoms with van der Waals surface area (Å²) in [5.41, 5.74) is -0.336. The van der Waals surface area contributed by atoms with Gasteiger partial charge < -0.3 is 15.1 Å². The number of anilines is 1. The van der Waals surface area contributed by atoms with E-state index in [1.54, 1.807) is 0 Å². The number of hydrogen-bond donors (Lipinski definition) is 1. The van der Waals surface area contributed by atoms with Crippen molar-refractivity contribution in [3.05, 3.63) is 22.1 Å². The molecular weight excluding hydrogens is 388 g/mol. The van der Waals surface area contributed by atoms with E-state index >= 15 is 0 Å². The van der Waals surface area contributed by atoms with Crippen LogP contribution in [0.25, 0.3) is 4.96 Å². The van der Waals surface area contributed by atoms with Gasteiger partial charge in [0.2, 0.25) is 10.1 Å². The van der Waals surface area contributed by atoms with Crippen LogP contribution in [0.1, 0.15) is 55.8 Å². The predicted molar refractivity (Wildman–Crippen MR) is 115 cm³/mol. The van der Waals surface area contributed by atoms with E-state index in [9.17, 15) is 9.59 Å². The van der Waals surface area contributed by atoms with Gasteiger partial charge in [0, 0.05) is 32.4 Å². The summed E-state index contributed by atoms with van der Waals surface area (Å²) in [5.74, 6) is 0.360. The summed E-state index contributed by atoms with van der Waals surface area (Å²) in [6, 6.07) is 0. The molecule has 2 aliphatic heterocycles. The second-order valence-electron chi connectivity index (χ2n) is 8.24. The Balaban J connectivity index is 1.41. The van der Waals surface area contributed by atoms with Crippen LogP contribution < -0.4 is 15.8 Å². The molecule has 2 aromatic rings. The molecular formula is C20H30N6O2S. The Labute approximate surface area is 174 Å². The zero-order chi connectivity index (χ0) is 20.2. The molecule has 2 saturated heterocycles. The maximum Gasteiger partial charge on any atom is 0.288 e. The number of nitrogens with zero attached hydrogens (tertiary/aromatic N) is 5. The predicted octanol–water partition coefficient (Wildman–Crippen LogP) is 1.99. The Morgan fingerprint density at radius 1 is 1.17 bits per heavy atom. The van der Waals surface area contributed by atoms with E-state index in [4.69, 9.17) is 0 Å². The molecule has 0 radical (unpaired) electrons. The SMILES string of the molecule is CC1CCN(c2nn3c(=O)c(C(=O)NCCN4CCCCCC4)cnc3s2)CC1. The molecule has 8 nitrogen and oxygen atoms in total. The number of fused-ring (bicyclic) bond motifs is 1. The lowest BCUT2D eigenvalue weighted by atomic mass is 10.00. The summed E-state index contributed by atoms with van der Waals surface area (Å²) in [7, 11) is 0. The van der Waals surface area contributed by atoms with Crippen molar-refractivity contribution in [3.63, 3.8) is 0 Å². The maximum absolute atomic E-state index is 12.8. The van der Waals surface area contributed by atoms with Crippen molar-refractivity contribution in [1.82, 2.24) is 24.8 Å². The van der Waals surface area contributed by atoms with Crippen molar-refractivity contribution in [1.29, 1.82) is 0 Å². The highest BCUT2D eigenvalue weighted by Gasteiger charge is 2.21. The summed E-state index contributed by atoms with van der Waals surface area (Å²) < 4.78 is 1.28. The van der Waals surface area contributed by atoms with Gasteiger partial charge in [0.25, 0.3) is 11.5 Å². The molecule has 0 atom stereocenters. The van der Waals surface area contributed by atoms with Crippen LogP contribution in [0.3, 0.4) is 0 Å². The smallest absolute Gasteiger partial charge is 0.288 e. The number of carbonyl (C=O) groups is 1. The van der Waals surface area contributed by atoms with Gasteiger partial charge in [-0.2, -0.15) is 4.52 Å². The summed E-state index contributed by atoms with van der Waals surface area (Å²) in [5, 5.41) is 8.15. The van der Waals surface area contributed by atoms with Gasteiger partial charge >= 0.3 is 0 Å². The Kier molecular flexibility index (Phi) is 6.44. The molecule has 4 rings (SSSR count). The van der Waals surface area contributed by atoms with Crippen molar-refractivity contribution in [2.75, 3.05) is 44.2 Å². The highest BCUT2D eigenvalue weighted by molar-refractivity contribution is 7.20. The minimum Gasteiger partial charge on any atom is -0.351 e. The zero-order valence-corrected chi connectivity index (χ0v) is 17.9. The van der Waals surface area contributed by atoms with Crippen molar-refractivity contribution >= 4 is 27.3 Å². The Bertz CT molecular complexity index is 894. The molecule has 0 bridgehead atoms. The zero-order valence-electron chi connectivity index (χ0n) is 17.1. The lowest BCUT2D eigenvalue weighted by molar-refractivity contribution is 0.0946. The standard InChI is InChI=1S/C20H30N6O2S/c1-15-6-11-25(12-7-15)20-23-26-18(28)16(14-22-19(26)29-20)17(27)21-8-13-24-9-4-2-3-5-10-24/h14-15H,2-13H2,1H3,(H,21,27). The van der Waals surface area contributed by atoms with E-state index in [1.165, 1.54) is 47.7 Å².